The molecule has 0 radical (unpaired) electrons. The number of rotatable bonds is 9. The summed E-state index contributed by atoms with van der Waals surface area (Å²) >= 11 is 0. The monoisotopic (exact) mass is 742 g/mol. The van der Waals surface area contributed by atoms with E-state index in [9.17, 15) is 0 Å². The van der Waals surface area contributed by atoms with Crippen molar-refractivity contribution in [1.29, 1.82) is 0 Å². The predicted octanol–water partition coefficient (Wildman–Crippen LogP) is 15.8. The van der Waals surface area contributed by atoms with Crippen LogP contribution in [-0.2, 0) is 0 Å². The van der Waals surface area contributed by atoms with E-state index in [0.717, 1.165) is 41.3 Å². The van der Waals surface area contributed by atoms with Crippen LogP contribution in [0, 0.1) is 0 Å². The zero-order chi connectivity index (χ0) is 38.7. The molecule has 2 nitrogen and oxygen atoms in total. The average Bonchev–Trinajstić information content (AvgIpc) is 3.30. The van der Waals surface area contributed by atoms with Gasteiger partial charge >= 0.3 is 0 Å². The third-order valence-corrected chi connectivity index (χ3v) is 11.2. The van der Waals surface area contributed by atoms with E-state index in [-0.39, 0.29) is 0 Å². The molecule has 9 aromatic carbocycles. The summed E-state index contributed by atoms with van der Waals surface area (Å²) in [6.07, 6.45) is 9.00. The van der Waals surface area contributed by atoms with E-state index in [1.165, 1.54) is 60.6 Å². The molecule has 0 saturated carbocycles. The van der Waals surface area contributed by atoms with Gasteiger partial charge in [0.1, 0.15) is 0 Å². The number of fused-ring (bicyclic) bond motifs is 2. The molecule has 0 bridgehead atoms. The van der Waals surface area contributed by atoms with Gasteiger partial charge in [0.15, 0.2) is 0 Å². The summed E-state index contributed by atoms with van der Waals surface area (Å²) in [6, 6.07) is 76.9. The highest BCUT2D eigenvalue weighted by Crippen LogP contribution is 2.41. The SMILES string of the molecule is C1=CC(N(c2ccc(-c3ccccc3)cc2)c2ccc(-c3cccc4cccc(-c5ccc(N(c6ccccc6)c6ccc7ccccc7c6)cc5)c34)cc2)=CCC1. The Morgan fingerprint density at radius 1 is 0.310 bits per heavy atom. The lowest BCUT2D eigenvalue weighted by atomic mass is 9.91. The van der Waals surface area contributed by atoms with Gasteiger partial charge in [-0.15, -0.1) is 0 Å². The fourth-order valence-corrected chi connectivity index (χ4v) is 8.39. The normalized spacial score (nSPS) is 12.4. The van der Waals surface area contributed by atoms with Crippen molar-refractivity contribution < 1.29 is 0 Å². The number of hydrogen-bond acceptors (Lipinski definition) is 2. The molecule has 0 N–H and O–H groups in total. The Balaban J connectivity index is 1.00. The second kappa shape index (κ2) is 15.6. The third-order valence-electron chi connectivity index (χ3n) is 11.2. The Morgan fingerprint density at radius 3 is 1.40 bits per heavy atom. The van der Waals surface area contributed by atoms with Crippen LogP contribution in [0.2, 0.25) is 0 Å². The largest absolute Gasteiger partial charge is 0.311 e. The van der Waals surface area contributed by atoms with Crippen LogP contribution in [0.25, 0.3) is 54.9 Å². The van der Waals surface area contributed by atoms with Crippen molar-refractivity contribution in [3.05, 3.63) is 236 Å². The van der Waals surface area contributed by atoms with E-state index in [2.05, 4.69) is 240 Å². The quantitative estimate of drug-likeness (QED) is 0.145. The highest BCUT2D eigenvalue weighted by atomic mass is 15.1. The van der Waals surface area contributed by atoms with Crippen molar-refractivity contribution in [3.8, 4) is 33.4 Å². The molecule has 0 unspecified atom stereocenters. The molecule has 0 atom stereocenters. The molecule has 10 rings (SSSR count). The molecule has 9 aromatic rings. The first-order valence-electron chi connectivity index (χ1n) is 20.2. The van der Waals surface area contributed by atoms with Crippen LogP contribution in [0.5, 0.6) is 0 Å². The van der Waals surface area contributed by atoms with E-state index in [1.807, 2.05) is 0 Å². The number of anilines is 5. The minimum absolute atomic E-state index is 1.04. The molecule has 0 amide bonds. The van der Waals surface area contributed by atoms with Gasteiger partial charge in [-0.2, -0.15) is 0 Å². The highest BCUT2D eigenvalue weighted by Gasteiger charge is 2.18. The molecule has 0 fully saturated rings. The fraction of sp³-hybridized carbons (Fsp3) is 0.0357. The van der Waals surface area contributed by atoms with Crippen molar-refractivity contribution >= 4 is 50.0 Å². The number of allylic oxidation sites excluding steroid dienone is 3. The summed E-state index contributed by atoms with van der Waals surface area (Å²) in [5.74, 6) is 0. The van der Waals surface area contributed by atoms with Gasteiger partial charge in [-0.3, -0.25) is 0 Å². The van der Waals surface area contributed by atoms with Crippen LogP contribution in [-0.4, -0.2) is 0 Å². The first kappa shape index (κ1) is 35.0. The zero-order valence-electron chi connectivity index (χ0n) is 32.2. The Kier molecular flexibility index (Phi) is 9.43. The van der Waals surface area contributed by atoms with Crippen molar-refractivity contribution in [2.75, 3.05) is 9.80 Å². The molecule has 0 aliphatic heterocycles. The van der Waals surface area contributed by atoms with Crippen molar-refractivity contribution in [2.24, 2.45) is 0 Å². The summed E-state index contributed by atoms with van der Waals surface area (Å²) in [7, 11) is 0. The Morgan fingerprint density at radius 2 is 0.793 bits per heavy atom. The molecule has 1 aliphatic carbocycles. The van der Waals surface area contributed by atoms with Crippen molar-refractivity contribution in [1.82, 2.24) is 0 Å². The first-order valence-corrected chi connectivity index (χ1v) is 20.2. The van der Waals surface area contributed by atoms with E-state index in [0.29, 0.717) is 0 Å². The minimum Gasteiger partial charge on any atom is -0.311 e. The van der Waals surface area contributed by atoms with Gasteiger partial charge in [0.25, 0.3) is 0 Å². The van der Waals surface area contributed by atoms with Gasteiger partial charge < -0.3 is 9.80 Å². The van der Waals surface area contributed by atoms with Crippen molar-refractivity contribution in [3.63, 3.8) is 0 Å². The van der Waals surface area contributed by atoms with Gasteiger partial charge in [-0.25, -0.2) is 0 Å². The second-order valence-corrected chi connectivity index (χ2v) is 14.9. The molecule has 1 aliphatic rings. The Bertz CT molecular complexity index is 2900. The van der Waals surface area contributed by atoms with Crippen LogP contribution in [0.15, 0.2) is 236 Å². The fourth-order valence-electron chi connectivity index (χ4n) is 8.39. The standard InChI is InChI=1S/C56H42N2/c1-4-14-41(15-5-1)43-26-33-50(34-27-43)57(48-20-6-2-7-21-48)51-35-29-44(30-36-51)54-24-12-18-46-19-13-25-55(56(46)54)45-31-37-52(38-32-45)58(49-22-8-3-9-23-49)53-39-28-42-16-10-11-17-47(42)40-53/h1,3-6,8-40H,2,7H2. The topological polar surface area (TPSA) is 6.48 Å². The molecule has 0 aromatic heterocycles. The molecular formula is C56H42N2. The van der Waals surface area contributed by atoms with E-state index in [1.54, 1.807) is 0 Å². The molecule has 0 saturated heterocycles. The summed E-state index contributed by atoms with van der Waals surface area (Å²) in [4.78, 5) is 4.72. The Labute approximate surface area is 340 Å². The van der Waals surface area contributed by atoms with Crippen LogP contribution < -0.4 is 9.80 Å². The molecule has 0 heterocycles. The molecule has 276 valence electrons. The lowest BCUT2D eigenvalue weighted by Gasteiger charge is -2.28. The molecule has 2 heteroatoms. The number of nitrogens with zero attached hydrogens (tertiary/aromatic N) is 2. The predicted molar refractivity (Wildman–Crippen MR) is 247 cm³/mol. The van der Waals surface area contributed by atoms with Gasteiger partial charge in [0.05, 0.1) is 0 Å². The lowest BCUT2D eigenvalue weighted by molar-refractivity contribution is 0.997. The third kappa shape index (κ3) is 6.86. The maximum Gasteiger partial charge on any atom is 0.0468 e. The summed E-state index contributed by atoms with van der Waals surface area (Å²) in [5.41, 5.74) is 14.1. The Hall–Kier alpha value is -7.42. The smallest absolute Gasteiger partial charge is 0.0468 e. The van der Waals surface area contributed by atoms with E-state index in [4.69, 9.17) is 0 Å². The van der Waals surface area contributed by atoms with Crippen LogP contribution in [0.3, 0.4) is 0 Å². The summed E-state index contributed by atoms with van der Waals surface area (Å²) in [5, 5.41) is 4.94. The summed E-state index contributed by atoms with van der Waals surface area (Å²) in [6.45, 7) is 0. The van der Waals surface area contributed by atoms with Crippen molar-refractivity contribution in [2.45, 2.75) is 12.8 Å². The number of hydrogen-bond donors (Lipinski definition) is 0. The van der Waals surface area contributed by atoms with Gasteiger partial charge in [-0.1, -0.05) is 164 Å². The molecule has 0 spiro atoms. The van der Waals surface area contributed by atoms with Crippen LogP contribution in [0.4, 0.5) is 28.4 Å². The summed E-state index contributed by atoms with van der Waals surface area (Å²) < 4.78 is 0. The maximum atomic E-state index is 2.38. The van der Waals surface area contributed by atoms with E-state index < -0.39 is 0 Å². The van der Waals surface area contributed by atoms with E-state index >= 15 is 0 Å². The average molecular weight is 743 g/mol. The molecular weight excluding hydrogens is 701 g/mol. The number of para-hydroxylation sites is 1. The lowest BCUT2D eigenvalue weighted by Crippen LogP contribution is -2.16. The maximum absolute atomic E-state index is 2.38. The van der Waals surface area contributed by atoms with Crippen LogP contribution in [0.1, 0.15) is 12.8 Å². The van der Waals surface area contributed by atoms with Gasteiger partial charge in [0.2, 0.25) is 0 Å². The first-order chi connectivity index (χ1) is 28.8. The highest BCUT2D eigenvalue weighted by molar-refractivity contribution is 6.06. The minimum atomic E-state index is 1.04. The molecule has 58 heavy (non-hydrogen) atoms. The van der Waals surface area contributed by atoms with Gasteiger partial charge in [-0.05, 0) is 135 Å². The van der Waals surface area contributed by atoms with Gasteiger partial charge in [0, 0.05) is 34.1 Å². The second-order valence-electron chi connectivity index (χ2n) is 14.9. The zero-order valence-corrected chi connectivity index (χ0v) is 32.2. The van der Waals surface area contributed by atoms with Crippen LogP contribution >= 0.6 is 0 Å². The number of benzene rings is 9.